The van der Waals surface area contributed by atoms with E-state index in [2.05, 4.69) is 17.0 Å². The second-order valence-electron chi connectivity index (χ2n) is 7.68. The van der Waals surface area contributed by atoms with E-state index in [9.17, 15) is 4.79 Å². The Labute approximate surface area is 157 Å². The van der Waals surface area contributed by atoms with Gasteiger partial charge in [0, 0.05) is 24.2 Å². The van der Waals surface area contributed by atoms with Crippen LogP contribution in [0, 0.1) is 6.92 Å². The predicted octanol–water partition coefficient (Wildman–Crippen LogP) is 4.10. The lowest BCUT2D eigenvalue weighted by atomic mass is 9.80. The molecular weight excluding hydrogens is 342 g/mol. The molecule has 0 radical (unpaired) electrons. The second kappa shape index (κ2) is 6.32. The molecule has 2 fully saturated rings. The van der Waals surface area contributed by atoms with E-state index in [-0.39, 0.29) is 5.56 Å². The molecule has 3 heterocycles. The minimum Gasteiger partial charge on any atom is -0.300 e. The minimum atomic E-state index is 0.00661. The van der Waals surface area contributed by atoms with Crippen molar-refractivity contribution in [3.63, 3.8) is 0 Å². The van der Waals surface area contributed by atoms with Gasteiger partial charge >= 0.3 is 0 Å². The van der Waals surface area contributed by atoms with Crippen LogP contribution in [0.4, 0.5) is 0 Å². The highest BCUT2D eigenvalue weighted by Gasteiger charge is 2.37. The molecule has 5 heteroatoms. The van der Waals surface area contributed by atoms with Gasteiger partial charge in [0.1, 0.15) is 0 Å². The van der Waals surface area contributed by atoms with Gasteiger partial charge in [0.15, 0.2) is 0 Å². The number of benzene rings is 1. The van der Waals surface area contributed by atoms with Gasteiger partial charge in [-0.15, -0.1) is 11.3 Å². The fourth-order valence-corrected chi connectivity index (χ4v) is 5.37. The smallest absolute Gasteiger partial charge is 0.255 e. The molecule has 0 unspecified atom stereocenters. The Balaban J connectivity index is 1.40. The summed E-state index contributed by atoms with van der Waals surface area (Å²) in [6.45, 7) is 4.57. The molecule has 1 aliphatic heterocycles. The summed E-state index contributed by atoms with van der Waals surface area (Å²) < 4.78 is 2.90. The van der Waals surface area contributed by atoms with E-state index >= 15 is 0 Å². The first kappa shape index (κ1) is 16.2. The Hall–Kier alpha value is -1.98. The average molecular weight is 366 g/mol. The summed E-state index contributed by atoms with van der Waals surface area (Å²) in [6, 6.07) is 10.4. The lowest BCUT2D eigenvalue weighted by Crippen LogP contribution is -2.42. The Morgan fingerprint density at radius 1 is 1.12 bits per heavy atom. The van der Waals surface area contributed by atoms with Gasteiger partial charge in [-0.2, -0.15) is 0 Å². The van der Waals surface area contributed by atoms with Crippen molar-refractivity contribution < 1.29 is 0 Å². The number of fused-ring (bicyclic) bond motifs is 1. The van der Waals surface area contributed by atoms with Gasteiger partial charge in [-0.1, -0.05) is 6.07 Å². The Bertz CT molecular complexity index is 1010. The topological polar surface area (TPSA) is 38.1 Å². The highest BCUT2D eigenvalue weighted by atomic mass is 32.1. The number of nitrogens with zero attached hydrogens (tertiary/aromatic N) is 3. The molecule has 0 atom stereocenters. The van der Waals surface area contributed by atoms with E-state index < -0.39 is 0 Å². The largest absolute Gasteiger partial charge is 0.300 e. The van der Waals surface area contributed by atoms with Gasteiger partial charge in [0.25, 0.3) is 5.56 Å². The SMILES string of the molecule is Cc1ccc(=O)n(-c2ccc3nc([C@H]4C[C@H](N5CCCC5)C4)sc3c2)c1. The third-order valence-electron chi connectivity index (χ3n) is 5.85. The lowest BCUT2D eigenvalue weighted by Gasteiger charge is -2.40. The van der Waals surface area contributed by atoms with Crippen molar-refractivity contribution in [2.45, 2.75) is 44.6 Å². The van der Waals surface area contributed by atoms with Crippen LogP contribution in [0.3, 0.4) is 0 Å². The van der Waals surface area contributed by atoms with E-state index in [1.165, 1.54) is 48.5 Å². The van der Waals surface area contributed by atoms with E-state index in [0.29, 0.717) is 5.92 Å². The highest BCUT2D eigenvalue weighted by molar-refractivity contribution is 7.18. The van der Waals surface area contributed by atoms with Crippen molar-refractivity contribution in [3.05, 3.63) is 57.5 Å². The first-order valence-electron chi connectivity index (χ1n) is 9.51. The Kier molecular flexibility index (Phi) is 3.94. The summed E-state index contributed by atoms with van der Waals surface area (Å²) in [5.74, 6) is 0.614. The Morgan fingerprint density at radius 3 is 2.73 bits per heavy atom. The predicted molar refractivity (Wildman–Crippen MR) is 107 cm³/mol. The third kappa shape index (κ3) is 2.79. The molecule has 1 aromatic carbocycles. The van der Waals surface area contributed by atoms with Crippen molar-refractivity contribution in [3.8, 4) is 5.69 Å². The van der Waals surface area contributed by atoms with Crippen molar-refractivity contribution in [2.75, 3.05) is 13.1 Å². The van der Waals surface area contributed by atoms with Crippen molar-refractivity contribution in [2.24, 2.45) is 0 Å². The number of aromatic nitrogens is 2. The maximum atomic E-state index is 12.2. The van der Waals surface area contributed by atoms with Crippen molar-refractivity contribution in [1.82, 2.24) is 14.5 Å². The molecular formula is C21H23N3OS. The molecule has 0 amide bonds. The van der Waals surface area contributed by atoms with E-state index in [0.717, 1.165) is 22.8 Å². The summed E-state index contributed by atoms with van der Waals surface area (Å²) in [5.41, 5.74) is 3.06. The van der Waals surface area contributed by atoms with Crippen LogP contribution < -0.4 is 5.56 Å². The highest BCUT2D eigenvalue weighted by Crippen LogP contribution is 2.43. The van der Waals surface area contributed by atoms with Gasteiger partial charge in [-0.25, -0.2) is 4.98 Å². The average Bonchev–Trinajstić information content (AvgIpc) is 3.24. The second-order valence-corrected chi connectivity index (χ2v) is 8.75. The van der Waals surface area contributed by atoms with Crippen LogP contribution in [0.5, 0.6) is 0 Å². The minimum absolute atomic E-state index is 0.00661. The monoisotopic (exact) mass is 365 g/mol. The Morgan fingerprint density at radius 2 is 1.92 bits per heavy atom. The fraction of sp³-hybridized carbons (Fsp3) is 0.429. The summed E-state index contributed by atoms with van der Waals surface area (Å²) in [7, 11) is 0. The maximum absolute atomic E-state index is 12.2. The summed E-state index contributed by atoms with van der Waals surface area (Å²) >= 11 is 1.80. The molecule has 2 aliphatic rings. The van der Waals surface area contributed by atoms with Crippen LogP contribution in [0.1, 0.15) is 42.2 Å². The van der Waals surface area contributed by atoms with E-state index in [4.69, 9.17) is 4.98 Å². The number of hydrogen-bond acceptors (Lipinski definition) is 4. The number of rotatable bonds is 3. The summed E-state index contributed by atoms with van der Waals surface area (Å²) in [6.07, 6.45) is 7.14. The zero-order chi connectivity index (χ0) is 17.7. The van der Waals surface area contributed by atoms with Crippen LogP contribution in [0.2, 0.25) is 0 Å². The standard InChI is InChI=1S/C21H23N3OS/c1-14-4-7-20(25)24(13-14)16-5-6-18-19(12-16)26-21(22-18)15-10-17(11-15)23-8-2-3-9-23/h4-7,12-13,15,17H,2-3,8-11H2,1H3/t15-,17-. The van der Waals surface area contributed by atoms with Gasteiger partial charge in [0.2, 0.25) is 0 Å². The summed E-state index contributed by atoms with van der Waals surface area (Å²) in [5, 5.41) is 1.27. The first-order chi connectivity index (χ1) is 12.7. The normalized spacial score (nSPS) is 23.4. The van der Waals surface area contributed by atoms with Crippen LogP contribution in [0.15, 0.2) is 41.3 Å². The third-order valence-corrected chi connectivity index (χ3v) is 7.03. The fourth-order valence-electron chi connectivity index (χ4n) is 4.25. The molecule has 1 saturated carbocycles. The van der Waals surface area contributed by atoms with Crippen LogP contribution in [-0.2, 0) is 0 Å². The molecule has 5 rings (SSSR count). The number of pyridine rings is 1. The van der Waals surface area contributed by atoms with Gasteiger partial charge in [0.05, 0.1) is 20.9 Å². The molecule has 134 valence electrons. The van der Waals surface area contributed by atoms with Crippen LogP contribution >= 0.6 is 11.3 Å². The maximum Gasteiger partial charge on any atom is 0.255 e. The number of hydrogen-bond donors (Lipinski definition) is 0. The van der Waals surface area contributed by atoms with Gasteiger partial charge in [-0.05, 0) is 69.5 Å². The zero-order valence-electron chi connectivity index (χ0n) is 15.0. The van der Waals surface area contributed by atoms with Crippen molar-refractivity contribution >= 4 is 21.6 Å². The van der Waals surface area contributed by atoms with Crippen LogP contribution in [0.25, 0.3) is 15.9 Å². The number of likely N-dealkylation sites (tertiary alicyclic amines) is 1. The molecule has 1 aliphatic carbocycles. The summed E-state index contributed by atoms with van der Waals surface area (Å²) in [4.78, 5) is 19.7. The molecule has 2 aromatic heterocycles. The lowest BCUT2D eigenvalue weighted by molar-refractivity contribution is 0.136. The molecule has 0 bridgehead atoms. The van der Waals surface area contributed by atoms with E-state index in [1.54, 1.807) is 22.0 Å². The quantitative estimate of drug-likeness (QED) is 0.701. The first-order valence-corrected chi connectivity index (χ1v) is 10.3. The number of thiazole rings is 1. The van der Waals surface area contributed by atoms with Crippen molar-refractivity contribution in [1.29, 1.82) is 0 Å². The van der Waals surface area contributed by atoms with Crippen LogP contribution in [-0.4, -0.2) is 33.6 Å². The molecule has 3 aromatic rings. The van der Waals surface area contributed by atoms with Gasteiger partial charge < -0.3 is 4.90 Å². The molecule has 0 N–H and O–H groups in total. The van der Waals surface area contributed by atoms with Gasteiger partial charge in [-0.3, -0.25) is 9.36 Å². The molecule has 1 saturated heterocycles. The van der Waals surface area contributed by atoms with E-state index in [1.807, 2.05) is 25.3 Å². The zero-order valence-corrected chi connectivity index (χ0v) is 15.8. The molecule has 26 heavy (non-hydrogen) atoms. The number of aryl methyl sites for hydroxylation is 1. The molecule has 0 spiro atoms. The molecule has 4 nitrogen and oxygen atoms in total.